The minimum atomic E-state index is -0.414. The first-order valence-electron chi connectivity index (χ1n) is 6.80. The van der Waals surface area contributed by atoms with Gasteiger partial charge in [0.2, 0.25) is 0 Å². The van der Waals surface area contributed by atoms with Gasteiger partial charge in [-0.05, 0) is 17.5 Å². The first-order valence-corrected chi connectivity index (χ1v) is 6.80. The number of nitrogens with zero attached hydrogens (tertiary/aromatic N) is 1. The van der Waals surface area contributed by atoms with Gasteiger partial charge in [0.1, 0.15) is 0 Å². The highest BCUT2D eigenvalue weighted by Gasteiger charge is 2.09. The molecule has 5 heteroatoms. The van der Waals surface area contributed by atoms with E-state index in [-0.39, 0.29) is 18.3 Å². The maximum absolute atomic E-state index is 10.6. The molecule has 0 unspecified atom stereocenters. The molecule has 2 N–H and O–H groups in total. The third-order valence-electron chi connectivity index (χ3n) is 3.29. The van der Waals surface area contributed by atoms with Crippen molar-refractivity contribution in [2.45, 2.75) is 19.0 Å². The number of nitro benzene ring substituents is 1. The summed E-state index contributed by atoms with van der Waals surface area (Å²) in [5.41, 5.74) is 2.20. The van der Waals surface area contributed by atoms with Crippen molar-refractivity contribution in [3.05, 3.63) is 75.8 Å². The predicted molar refractivity (Wildman–Crippen MR) is 81.0 cm³/mol. The van der Waals surface area contributed by atoms with Gasteiger partial charge in [-0.3, -0.25) is 10.1 Å². The Bertz CT molecular complexity index is 570. The molecule has 2 rings (SSSR count). The van der Waals surface area contributed by atoms with Crippen LogP contribution in [0.25, 0.3) is 0 Å². The number of aliphatic hydroxyl groups is 1. The Kier molecular flexibility index (Phi) is 5.43. The molecule has 0 aliphatic carbocycles. The van der Waals surface area contributed by atoms with Crippen molar-refractivity contribution < 1.29 is 10.0 Å². The van der Waals surface area contributed by atoms with Crippen molar-refractivity contribution in [3.63, 3.8) is 0 Å². The summed E-state index contributed by atoms with van der Waals surface area (Å²) < 4.78 is 0. The van der Waals surface area contributed by atoms with E-state index in [1.807, 2.05) is 30.3 Å². The third-order valence-corrected chi connectivity index (χ3v) is 3.29. The Morgan fingerprint density at radius 1 is 1.05 bits per heavy atom. The monoisotopic (exact) mass is 286 g/mol. The number of nitrogens with one attached hydrogen (secondary N) is 1. The van der Waals surface area contributed by atoms with Crippen LogP contribution in [-0.2, 0) is 13.0 Å². The Hall–Kier alpha value is -2.24. The van der Waals surface area contributed by atoms with Gasteiger partial charge in [-0.1, -0.05) is 42.5 Å². The summed E-state index contributed by atoms with van der Waals surface area (Å²) in [5.74, 6) is 0. The highest BCUT2D eigenvalue weighted by Crippen LogP contribution is 2.12. The third kappa shape index (κ3) is 4.66. The zero-order valence-corrected chi connectivity index (χ0v) is 11.6. The molecule has 2 aromatic rings. The number of rotatable bonds is 7. The largest absolute Gasteiger partial charge is 0.395 e. The van der Waals surface area contributed by atoms with E-state index in [9.17, 15) is 15.2 Å². The molecule has 0 bridgehead atoms. The second-order valence-electron chi connectivity index (χ2n) is 4.87. The molecule has 0 amide bonds. The molecule has 21 heavy (non-hydrogen) atoms. The highest BCUT2D eigenvalue weighted by atomic mass is 16.6. The van der Waals surface area contributed by atoms with Crippen molar-refractivity contribution in [1.29, 1.82) is 0 Å². The Morgan fingerprint density at radius 2 is 1.71 bits per heavy atom. The molecule has 0 spiro atoms. The lowest BCUT2D eigenvalue weighted by molar-refractivity contribution is -0.384. The quantitative estimate of drug-likeness (QED) is 0.605. The minimum absolute atomic E-state index is 0.0393. The van der Waals surface area contributed by atoms with Gasteiger partial charge in [0.05, 0.1) is 11.5 Å². The van der Waals surface area contributed by atoms with Crippen LogP contribution in [0.15, 0.2) is 54.6 Å². The SMILES string of the molecule is O=[N+]([O-])c1ccc(CN[C@@H](CO)Cc2ccccc2)cc1. The zero-order valence-electron chi connectivity index (χ0n) is 11.6. The fourth-order valence-electron chi connectivity index (χ4n) is 2.10. The smallest absolute Gasteiger partial charge is 0.269 e. The first-order chi connectivity index (χ1) is 10.2. The van der Waals surface area contributed by atoms with E-state index in [1.165, 1.54) is 12.1 Å². The average Bonchev–Trinajstić information content (AvgIpc) is 2.52. The second-order valence-corrected chi connectivity index (χ2v) is 4.87. The molecule has 0 radical (unpaired) electrons. The van der Waals surface area contributed by atoms with E-state index >= 15 is 0 Å². The summed E-state index contributed by atoms with van der Waals surface area (Å²) >= 11 is 0. The van der Waals surface area contributed by atoms with E-state index in [1.54, 1.807) is 12.1 Å². The Labute approximate surface area is 123 Å². The fourth-order valence-corrected chi connectivity index (χ4v) is 2.10. The predicted octanol–water partition coefficient (Wildman–Crippen LogP) is 2.29. The van der Waals surface area contributed by atoms with E-state index < -0.39 is 4.92 Å². The van der Waals surface area contributed by atoms with Crippen molar-refractivity contribution in [3.8, 4) is 0 Å². The summed E-state index contributed by atoms with van der Waals surface area (Å²) in [6, 6.07) is 16.3. The van der Waals surface area contributed by atoms with Gasteiger partial charge >= 0.3 is 0 Å². The van der Waals surface area contributed by atoms with Crippen LogP contribution in [0.5, 0.6) is 0 Å². The molecule has 0 saturated heterocycles. The summed E-state index contributed by atoms with van der Waals surface area (Å²) in [5, 5.41) is 23.3. The molecule has 110 valence electrons. The van der Waals surface area contributed by atoms with Gasteiger partial charge in [0.15, 0.2) is 0 Å². The van der Waals surface area contributed by atoms with Crippen LogP contribution in [0.1, 0.15) is 11.1 Å². The molecule has 1 atom stereocenters. The Balaban J connectivity index is 1.89. The summed E-state index contributed by atoms with van der Waals surface area (Å²) in [6.45, 7) is 0.609. The molecule has 2 aromatic carbocycles. The first kappa shape index (κ1) is 15.2. The van der Waals surface area contributed by atoms with Crippen LogP contribution in [0, 0.1) is 10.1 Å². The lowest BCUT2D eigenvalue weighted by Crippen LogP contribution is -2.34. The van der Waals surface area contributed by atoms with Crippen LogP contribution in [0.3, 0.4) is 0 Å². The second kappa shape index (κ2) is 7.52. The normalized spacial score (nSPS) is 12.0. The van der Waals surface area contributed by atoms with Crippen molar-refractivity contribution in [2.75, 3.05) is 6.61 Å². The van der Waals surface area contributed by atoms with E-state index in [0.717, 1.165) is 17.5 Å². The lowest BCUT2D eigenvalue weighted by Gasteiger charge is -2.16. The number of hydrogen-bond donors (Lipinski definition) is 2. The van der Waals surface area contributed by atoms with Crippen LogP contribution < -0.4 is 5.32 Å². The summed E-state index contributed by atoms with van der Waals surface area (Å²) in [6.07, 6.45) is 0.740. The minimum Gasteiger partial charge on any atom is -0.395 e. The molecule has 0 aliphatic rings. The van der Waals surface area contributed by atoms with Gasteiger partial charge in [-0.2, -0.15) is 0 Å². The van der Waals surface area contributed by atoms with Gasteiger partial charge in [-0.25, -0.2) is 0 Å². The number of benzene rings is 2. The van der Waals surface area contributed by atoms with Gasteiger partial charge in [-0.15, -0.1) is 0 Å². The lowest BCUT2D eigenvalue weighted by atomic mass is 10.1. The van der Waals surface area contributed by atoms with Crippen LogP contribution in [0.4, 0.5) is 5.69 Å². The van der Waals surface area contributed by atoms with Gasteiger partial charge < -0.3 is 10.4 Å². The number of hydrogen-bond acceptors (Lipinski definition) is 4. The van der Waals surface area contributed by atoms with Crippen LogP contribution in [0.2, 0.25) is 0 Å². The number of aliphatic hydroxyl groups excluding tert-OH is 1. The number of nitro groups is 1. The molecule has 0 aromatic heterocycles. The fraction of sp³-hybridized carbons (Fsp3) is 0.250. The van der Waals surface area contributed by atoms with Gasteiger partial charge in [0.25, 0.3) is 5.69 Å². The van der Waals surface area contributed by atoms with Crippen LogP contribution >= 0.6 is 0 Å². The average molecular weight is 286 g/mol. The van der Waals surface area contributed by atoms with Crippen molar-refractivity contribution >= 4 is 5.69 Å². The number of non-ortho nitro benzene ring substituents is 1. The van der Waals surface area contributed by atoms with Gasteiger partial charge in [0, 0.05) is 24.7 Å². The standard InChI is InChI=1S/C16H18N2O3/c19-12-15(10-13-4-2-1-3-5-13)17-11-14-6-8-16(9-7-14)18(20)21/h1-9,15,17,19H,10-12H2/t15-/m1/s1. The van der Waals surface area contributed by atoms with Crippen molar-refractivity contribution in [2.24, 2.45) is 0 Å². The summed E-state index contributed by atoms with van der Waals surface area (Å²) in [4.78, 5) is 10.2. The van der Waals surface area contributed by atoms with E-state index in [4.69, 9.17) is 0 Å². The molecule has 0 aliphatic heterocycles. The van der Waals surface area contributed by atoms with Crippen molar-refractivity contribution in [1.82, 2.24) is 5.32 Å². The molecule has 0 heterocycles. The maximum atomic E-state index is 10.6. The molecule has 0 saturated carbocycles. The molecule has 5 nitrogen and oxygen atoms in total. The molecule has 0 fully saturated rings. The topological polar surface area (TPSA) is 75.4 Å². The van der Waals surface area contributed by atoms with E-state index in [0.29, 0.717) is 6.54 Å². The molecular weight excluding hydrogens is 268 g/mol. The zero-order chi connectivity index (χ0) is 15.1. The molecular formula is C16H18N2O3. The Morgan fingerprint density at radius 3 is 2.29 bits per heavy atom. The maximum Gasteiger partial charge on any atom is 0.269 e. The summed E-state index contributed by atoms with van der Waals surface area (Å²) in [7, 11) is 0. The highest BCUT2D eigenvalue weighted by molar-refractivity contribution is 5.32. The van der Waals surface area contributed by atoms with E-state index in [2.05, 4.69) is 5.32 Å². The van der Waals surface area contributed by atoms with Crippen LogP contribution in [-0.4, -0.2) is 22.7 Å².